The molecule has 8 nitrogen and oxygen atoms in total. The molecule has 2 fully saturated rings. The van der Waals surface area contributed by atoms with E-state index in [1.807, 2.05) is 28.9 Å². The van der Waals surface area contributed by atoms with Crippen molar-refractivity contribution >= 4 is 0 Å². The summed E-state index contributed by atoms with van der Waals surface area (Å²) in [4.78, 5) is 5.16. The Bertz CT molecular complexity index is 830. The number of nitrogens with zero attached hydrogens (tertiary/aromatic N) is 7. The summed E-state index contributed by atoms with van der Waals surface area (Å²) in [5.41, 5.74) is 1.78. The number of benzene rings is 1. The van der Waals surface area contributed by atoms with Crippen LogP contribution in [0.5, 0.6) is 0 Å². The molecule has 0 amide bonds. The molecule has 8 heteroatoms. The van der Waals surface area contributed by atoms with E-state index >= 15 is 0 Å². The maximum Gasteiger partial charge on any atom is 0.173 e. The van der Waals surface area contributed by atoms with Crippen LogP contribution in [-0.4, -0.2) is 75.9 Å². The van der Waals surface area contributed by atoms with Crippen LogP contribution in [0.4, 0.5) is 0 Å². The highest BCUT2D eigenvalue weighted by Crippen LogP contribution is 2.30. The summed E-state index contributed by atoms with van der Waals surface area (Å²) in [5, 5.41) is 21.7. The number of hydrogen-bond donors (Lipinski definition) is 0. The molecule has 1 unspecified atom stereocenters. The van der Waals surface area contributed by atoms with Gasteiger partial charge in [-0.1, -0.05) is 31.4 Å². The first-order valence-electron chi connectivity index (χ1n) is 11.0. The summed E-state index contributed by atoms with van der Waals surface area (Å²) in [7, 11) is 1.69. The van der Waals surface area contributed by atoms with Crippen molar-refractivity contribution in [2.45, 2.75) is 50.7 Å². The molecule has 1 aliphatic carbocycles. The minimum absolute atomic E-state index is 0.0295. The lowest BCUT2D eigenvalue weighted by Gasteiger charge is -2.43. The van der Waals surface area contributed by atoms with Gasteiger partial charge in [0.2, 0.25) is 0 Å². The molecule has 2 aromatic rings. The maximum atomic E-state index is 9.18. The average molecular weight is 410 g/mol. The van der Waals surface area contributed by atoms with Crippen molar-refractivity contribution in [1.82, 2.24) is 30.0 Å². The third-order valence-electron chi connectivity index (χ3n) is 6.47. The van der Waals surface area contributed by atoms with Crippen molar-refractivity contribution in [3.8, 4) is 6.07 Å². The van der Waals surface area contributed by atoms with E-state index in [1.165, 1.54) is 32.1 Å². The normalized spacial score (nSPS) is 20.1. The maximum absolute atomic E-state index is 9.18. The van der Waals surface area contributed by atoms with E-state index in [9.17, 15) is 5.26 Å². The van der Waals surface area contributed by atoms with Crippen LogP contribution < -0.4 is 0 Å². The van der Waals surface area contributed by atoms with Gasteiger partial charge in [0.15, 0.2) is 5.82 Å². The minimum Gasteiger partial charge on any atom is -0.383 e. The van der Waals surface area contributed by atoms with E-state index in [2.05, 4.69) is 31.4 Å². The fourth-order valence-electron chi connectivity index (χ4n) is 4.81. The summed E-state index contributed by atoms with van der Waals surface area (Å²) < 4.78 is 7.09. The number of hydrogen-bond acceptors (Lipinski definition) is 7. The van der Waals surface area contributed by atoms with Gasteiger partial charge >= 0.3 is 0 Å². The van der Waals surface area contributed by atoms with Crippen molar-refractivity contribution in [1.29, 1.82) is 5.26 Å². The summed E-state index contributed by atoms with van der Waals surface area (Å²) in [6.45, 7) is 5.31. The topological polar surface area (TPSA) is 83.1 Å². The SMILES string of the molecule is COCCn1nnnc1C(c1ccc(C#N)cc1)N1CCN(C2CCCCC2)CC1. The van der Waals surface area contributed by atoms with Crippen molar-refractivity contribution in [2.24, 2.45) is 0 Å². The highest BCUT2D eigenvalue weighted by Gasteiger charge is 2.32. The fourth-order valence-corrected chi connectivity index (χ4v) is 4.81. The largest absolute Gasteiger partial charge is 0.383 e. The first-order chi connectivity index (χ1) is 14.8. The van der Waals surface area contributed by atoms with Crippen LogP contribution in [0.15, 0.2) is 24.3 Å². The van der Waals surface area contributed by atoms with E-state index in [0.29, 0.717) is 18.7 Å². The van der Waals surface area contributed by atoms with Crippen LogP contribution in [0, 0.1) is 11.3 Å². The van der Waals surface area contributed by atoms with Gasteiger partial charge in [-0.05, 0) is 41.0 Å². The van der Waals surface area contributed by atoms with Gasteiger partial charge in [0.25, 0.3) is 0 Å². The van der Waals surface area contributed by atoms with Gasteiger partial charge in [0.05, 0.1) is 30.8 Å². The number of rotatable bonds is 7. The van der Waals surface area contributed by atoms with E-state index in [-0.39, 0.29) is 6.04 Å². The zero-order valence-corrected chi connectivity index (χ0v) is 17.8. The first kappa shape index (κ1) is 20.9. The van der Waals surface area contributed by atoms with Crippen LogP contribution in [0.25, 0.3) is 0 Å². The standard InChI is InChI=1S/C22H31N7O/c1-30-16-15-29-22(24-25-26-29)21(19-9-7-18(17-23)8-10-19)28-13-11-27(12-14-28)20-5-3-2-4-6-20/h7-10,20-21H,2-6,11-16H2,1H3. The van der Waals surface area contributed by atoms with Crippen LogP contribution in [0.3, 0.4) is 0 Å². The van der Waals surface area contributed by atoms with Crippen molar-refractivity contribution in [2.75, 3.05) is 39.9 Å². The fraction of sp³-hybridized carbons (Fsp3) is 0.636. The van der Waals surface area contributed by atoms with Crippen molar-refractivity contribution in [3.63, 3.8) is 0 Å². The molecule has 0 N–H and O–H groups in total. The monoisotopic (exact) mass is 409 g/mol. The molecular weight excluding hydrogens is 378 g/mol. The van der Waals surface area contributed by atoms with E-state index < -0.39 is 0 Å². The van der Waals surface area contributed by atoms with Gasteiger partial charge in [-0.3, -0.25) is 9.80 Å². The van der Waals surface area contributed by atoms with Gasteiger partial charge in [0.1, 0.15) is 0 Å². The van der Waals surface area contributed by atoms with Crippen LogP contribution in [0.1, 0.15) is 55.1 Å². The number of piperazine rings is 1. The molecule has 30 heavy (non-hydrogen) atoms. The Morgan fingerprint density at radius 3 is 2.50 bits per heavy atom. The second-order valence-corrected chi connectivity index (χ2v) is 8.25. The molecule has 1 aromatic carbocycles. The Labute approximate surface area is 178 Å². The number of methoxy groups -OCH3 is 1. The number of tetrazole rings is 1. The van der Waals surface area contributed by atoms with Crippen molar-refractivity contribution < 1.29 is 4.74 Å². The van der Waals surface area contributed by atoms with Gasteiger partial charge in [-0.25, -0.2) is 4.68 Å². The van der Waals surface area contributed by atoms with Gasteiger partial charge in [0, 0.05) is 39.3 Å². The molecule has 1 aromatic heterocycles. The minimum atomic E-state index is -0.0295. The lowest BCUT2D eigenvalue weighted by molar-refractivity contribution is 0.0615. The molecule has 160 valence electrons. The van der Waals surface area contributed by atoms with Crippen LogP contribution >= 0.6 is 0 Å². The van der Waals surface area contributed by atoms with Crippen molar-refractivity contribution in [3.05, 3.63) is 41.2 Å². The smallest absolute Gasteiger partial charge is 0.173 e. The van der Waals surface area contributed by atoms with E-state index in [1.54, 1.807) is 7.11 Å². The second-order valence-electron chi connectivity index (χ2n) is 8.25. The second kappa shape index (κ2) is 10.1. The van der Waals surface area contributed by atoms with Crippen LogP contribution in [-0.2, 0) is 11.3 Å². The third kappa shape index (κ3) is 4.69. The molecule has 1 saturated heterocycles. The molecule has 0 radical (unpaired) electrons. The lowest BCUT2D eigenvalue weighted by atomic mass is 9.93. The number of nitriles is 1. The molecule has 2 aliphatic rings. The third-order valence-corrected chi connectivity index (χ3v) is 6.47. The quantitative estimate of drug-likeness (QED) is 0.693. The summed E-state index contributed by atoms with van der Waals surface area (Å²) >= 11 is 0. The molecule has 1 saturated carbocycles. The van der Waals surface area contributed by atoms with Gasteiger partial charge < -0.3 is 4.74 Å². The zero-order chi connectivity index (χ0) is 20.8. The summed E-state index contributed by atoms with van der Waals surface area (Å²) in [6.07, 6.45) is 6.81. The Morgan fingerprint density at radius 2 is 1.83 bits per heavy atom. The Balaban J connectivity index is 1.55. The summed E-state index contributed by atoms with van der Waals surface area (Å²) in [6, 6.07) is 10.8. The Kier molecular flexibility index (Phi) is 7.05. The molecule has 4 rings (SSSR count). The average Bonchev–Trinajstić information content (AvgIpc) is 3.27. The molecule has 0 bridgehead atoms. The zero-order valence-electron chi connectivity index (χ0n) is 17.8. The number of aromatic nitrogens is 4. The van der Waals surface area contributed by atoms with E-state index in [4.69, 9.17) is 4.74 Å². The van der Waals surface area contributed by atoms with E-state index in [0.717, 1.165) is 43.6 Å². The van der Waals surface area contributed by atoms with Gasteiger partial charge in [-0.15, -0.1) is 5.10 Å². The van der Waals surface area contributed by atoms with Crippen LogP contribution in [0.2, 0.25) is 0 Å². The Morgan fingerprint density at radius 1 is 1.10 bits per heavy atom. The predicted octanol–water partition coefficient (Wildman–Crippen LogP) is 2.23. The predicted molar refractivity (Wildman–Crippen MR) is 113 cm³/mol. The number of ether oxygens (including phenoxy) is 1. The highest BCUT2D eigenvalue weighted by molar-refractivity contribution is 5.34. The molecule has 1 atom stereocenters. The first-order valence-corrected chi connectivity index (χ1v) is 11.0. The highest BCUT2D eigenvalue weighted by atomic mass is 16.5. The molecular formula is C22H31N7O. The summed E-state index contributed by atoms with van der Waals surface area (Å²) in [5.74, 6) is 0.836. The molecule has 2 heterocycles. The molecule has 1 aliphatic heterocycles. The lowest BCUT2D eigenvalue weighted by Crippen LogP contribution is -2.52. The molecule has 0 spiro atoms. The van der Waals surface area contributed by atoms with Gasteiger partial charge in [-0.2, -0.15) is 5.26 Å². The Hall–Kier alpha value is -2.34.